The van der Waals surface area contributed by atoms with Gasteiger partial charge in [-0.05, 0) is 70.2 Å². The molecule has 2 aliphatic heterocycles. The third-order valence-corrected chi connectivity index (χ3v) is 10.1. The van der Waals surface area contributed by atoms with Gasteiger partial charge in [0.1, 0.15) is 11.7 Å². The molecule has 5 heteroatoms. The first-order valence-electron chi connectivity index (χ1n) is 12.3. The van der Waals surface area contributed by atoms with E-state index >= 15 is 0 Å². The second kappa shape index (κ2) is 6.31. The zero-order valence-corrected chi connectivity index (χ0v) is 20.0. The van der Waals surface area contributed by atoms with E-state index in [1.165, 1.54) is 11.1 Å². The second-order valence-electron chi connectivity index (χ2n) is 11.8. The average molecular weight is 440 g/mol. The molecular weight excluding hydrogens is 402 g/mol. The summed E-state index contributed by atoms with van der Waals surface area (Å²) in [4.78, 5) is 2.52. The van der Waals surface area contributed by atoms with Crippen molar-refractivity contribution in [3.63, 3.8) is 0 Å². The van der Waals surface area contributed by atoms with Gasteiger partial charge < -0.3 is 24.6 Å². The summed E-state index contributed by atoms with van der Waals surface area (Å²) in [5.41, 5.74) is 0.580. The van der Waals surface area contributed by atoms with Crippen LogP contribution in [0.4, 0.5) is 0 Å². The number of phenols is 1. The highest BCUT2D eigenvalue weighted by atomic mass is 16.6. The fourth-order valence-electron chi connectivity index (χ4n) is 8.52. The number of fused-ring (bicyclic) bond motifs is 1. The number of hydrogen-bond donors (Lipinski definition) is 2. The summed E-state index contributed by atoms with van der Waals surface area (Å²) in [5.74, 6) is 1.35. The van der Waals surface area contributed by atoms with E-state index in [2.05, 4.69) is 44.0 Å². The highest BCUT2D eigenvalue weighted by molar-refractivity contribution is 5.65. The average Bonchev–Trinajstić information content (AvgIpc) is 3.14. The van der Waals surface area contributed by atoms with Gasteiger partial charge in [0.25, 0.3) is 0 Å². The molecule has 2 fully saturated rings. The molecule has 7 atom stereocenters. The van der Waals surface area contributed by atoms with Crippen LogP contribution in [0.1, 0.15) is 57.6 Å². The van der Waals surface area contributed by atoms with Crippen molar-refractivity contribution in [3.8, 4) is 11.5 Å². The maximum absolute atomic E-state index is 11.9. The molecule has 0 radical (unpaired) electrons. The number of benzene rings is 1. The highest BCUT2D eigenvalue weighted by Crippen LogP contribution is 2.75. The van der Waals surface area contributed by atoms with Crippen LogP contribution in [0.15, 0.2) is 24.3 Å². The SMILES string of the molecule is CO[C@]12C=C[C@@]3(C[C@@H]1C(C)(O)CCC(C)C)[C@H]1Cc4ccc(O)c5c4[C@@]3(CCN1C)[C@H]2O5. The Balaban J connectivity index is 1.59. The molecule has 1 unspecified atom stereocenters. The van der Waals surface area contributed by atoms with E-state index in [-0.39, 0.29) is 28.6 Å². The molecule has 2 spiro atoms. The van der Waals surface area contributed by atoms with E-state index in [9.17, 15) is 10.2 Å². The summed E-state index contributed by atoms with van der Waals surface area (Å²) in [5, 5.41) is 22.7. The molecule has 4 bridgehead atoms. The first-order valence-corrected chi connectivity index (χ1v) is 12.3. The van der Waals surface area contributed by atoms with E-state index < -0.39 is 11.2 Å². The minimum Gasteiger partial charge on any atom is -0.504 e. The van der Waals surface area contributed by atoms with E-state index in [1.54, 1.807) is 13.2 Å². The van der Waals surface area contributed by atoms with E-state index in [0.29, 0.717) is 17.7 Å². The number of likely N-dealkylation sites (tertiary alicyclic amines) is 1. The Kier molecular flexibility index (Phi) is 4.14. The molecule has 1 saturated carbocycles. The number of phenolic OH excluding ortho intramolecular Hbond substituents is 1. The van der Waals surface area contributed by atoms with Crippen LogP contribution in [0, 0.1) is 17.3 Å². The number of piperidine rings is 1. The Labute approximate surface area is 191 Å². The van der Waals surface area contributed by atoms with Gasteiger partial charge in [0, 0.05) is 30.0 Å². The van der Waals surface area contributed by atoms with Gasteiger partial charge in [0.2, 0.25) is 0 Å². The summed E-state index contributed by atoms with van der Waals surface area (Å²) < 4.78 is 13.2. The van der Waals surface area contributed by atoms with Crippen molar-refractivity contribution in [2.24, 2.45) is 17.3 Å². The zero-order valence-electron chi connectivity index (χ0n) is 20.0. The van der Waals surface area contributed by atoms with Crippen LogP contribution in [-0.4, -0.2) is 59.2 Å². The van der Waals surface area contributed by atoms with Gasteiger partial charge in [-0.15, -0.1) is 0 Å². The molecule has 0 amide bonds. The maximum Gasteiger partial charge on any atom is 0.165 e. The lowest BCUT2D eigenvalue weighted by molar-refractivity contribution is -0.247. The summed E-state index contributed by atoms with van der Waals surface area (Å²) >= 11 is 0. The van der Waals surface area contributed by atoms with Crippen LogP contribution in [0.5, 0.6) is 11.5 Å². The van der Waals surface area contributed by atoms with Crippen molar-refractivity contribution in [2.75, 3.05) is 20.7 Å². The third-order valence-electron chi connectivity index (χ3n) is 10.1. The smallest absolute Gasteiger partial charge is 0.165 e. The van der Waals surface area contributed by atoms with E-state index in [4.69, 9.17) is 9.47 Å². The van der Waals surface area contributed by atoms with Crippen molar-refractivity contribution < 1.29 is 19.7 Å². The largest absolute Gasteiger partial charge is 0.504 e. The first-order chi connectivity index (χ1) is 15.1. The van der Waals surface area contributed by atoms with Gasteiger partial charge in [-0.2, -0.15) is 0 Å². The van der Waals surface area contributed by atoms with Crippen LogP contribution in [0.2, 0.25) is 0 Å². The van der Waals surface area contributed by atoms with Crippen LogP contribution < -0.4 is 4.74 Å². The Hall–Kier alpha value is -1.56. The normalized spacial score (nSPS) is 42.7. The van der Waals surface area contributed by atoms with Crippen LogP contribution in [-0.2, 0) is 16.6 Å². The number of nitrogens with zero attached hydrogens (tertiary/aromatic N) is 1. The Morgan fingerprint density at radius 2 is 2.09 bits per heavy atom. The molecule has 7 rings (SSSR count). The molecule has 4 aliphatic carbocycles. The monoisotopic (exact) mass is 439 g/mol. The minimum atomic E-state index is -0.868. The third kappa shape index (κ3) is 2.17. The number of methoxy groups -OCH3 is 1. The van der Waals surface area contributed by atoms with Crippen molar-refractivity contribution in [1.29, 1.82) is 0 Å². The summed E-state index contributed by atoms with van der Waals surface area (Å²) in [6, 6.07) is 4.24. The number of likely N-dealkylation sites (N-methyl/N-ethyl adjacent to an activating group) is 1. The van der Waals surface area contributed by atoms with Crippen LogP contribution in [0.3, 0.4) is 0 Å². The number of ether oxygens (including phenoxy) is 2. The summed E-state index contributed by atoms with van der Waals surface area (Å²) in [7, 11) is 4.02. The molecule has 2 N–H and O–H groups in total. The van der Waals surface area contributed by atoms with Gasteiger partial charge in [-0.3, -0.25) is 0 Å². The molecular formula is C27H37NO4. The highest BCUT2D eigenvalue weighted by Gasteiger charge is 2.80. The summed E-state index contributed by atoms with van der Waals surface area (Å²) in [6.07, 6.45) is 8.94. The quantitative estimate of drug-likeness (QED) is 0.684. The molecule has 1 aromatic rings. The molecule has 1 saturated heterocycles. The number of hydrogen-bond acceptors (Lipinski definition) is 5. The first kappa shape index (κ1) is 21.0. The topological polar surface area (TPSA) is 62.2 Å². The molecule has 2 heterocycles. The molecule has 6 aliphatic rings. The molecule has 5 nitrogen and oxygen atoms in total. The lowest BCUT2D eigenvalue weighted by Gasteiger charge is -2.72. The van der Waals surface area contributed by atoms with Gasteiger partial charge >= 0.3 is 0 Å². The van der Waals surface area contributed by atoms with Gasteiger partial charge in [-0.1, -0.05) is 32.1 Å². The number of aliphatic hydroxyl groups is 1. The van der Waals surface area contributed by atoms with Crippen molar-refractivity contribution in [1.82, 2.24) is 4.90 Å². The van der Waals surface area contributed by atoms with Crippen molar-refractivity contribution in [2.45, 2.75) is 81.6 Å². The Bertz CT molecular complexity index is 1000. The fraction of sp³-hybridized carbons (Fsp3) is 0.704. The predicted molar refractivity (Wildman–Crippen MR) is 123 cm³/mol. The number of aromatic hydroxyl groups is 1. The summed E-state index contributed by atoms with van der Waals surface area (Å²) in [6.45, 7) is 7.43. The predicted octanol–water partition coefficient (Wildman–Crippen LogP) is 3.80. The van der Waals surface area contributed by atoms with E-state index in [1.807, 2.05) is 6.92 Å². The molecule has 1 aromatic carbocycles. The van der Waals surface area contributed by atoms with Crippen LogP contribution >= 0.6 is 0 Å². The Morgan fingerprint density at radius 1 is 1.31 bits per heavy atom. The maximum atomic E-state index is 11.9. The fourth-order valence-corrected chi connectivity index (χ4v) is 8.52. The van der Waals surface area contributed by atoms with Crippen molar-refractivity contribution in [3.05, 3.63) is 35.4 Å². The minimum absolute atomic E-state index is 0.0751. The second-order valence-corrected chi connectivity index (χ2v) is 11.8. The molecule has 32 heavy (non-hydrogen) atoms. The van der Waals surface area contributed by atoms with Gasteiger partial charge in [-0.25, -0.2) is 0 Å². The molecule has 0 aromatic heterocycles. The standard InChI is InChI=1S/C27H37NO4/c1-16(2)8-9-24(3,30)19-15-25-10-11-27(19,31-5)23-26(25)12-13-28(4)20(25)14-17-6-7-18(29)22(32-23)21(17)26/h6-7,10-11,16,19-20,23,29-30H,8-9,12-15H2,1-5H3/t19-,20-,23-,24?,25-,26+,27-/m1/s1. The lowest BCUT2D eigenvalue weighted by atomic mass is 9.36. The zero-order chi connectivity index (χ0) is 22.7. The van der Waals surface area contributed by atoms with E-state index in [0.717, 1.165) is 38.6 Å². The number of rotatable bonds is 5. The molecule has 174 valence electrons. The van der Waals surface area contributed by atoms with Crippen LogP contribution in [0.25, 0.3) is 0 Å². The van der Waals surface area contributed by atoms with Gasteiger partial charge in [0.15, 0.2) is 11.5 Å². The lowest BCUT2D eigenvalue weighted by Crippen LogP contribution is -2.80. The van der Waals surface area contributed by atoms with Crippen molar-refractivity contribution >= 4 is 0 Å². The Morgan fingerprint density at radius 3 is 2.81 bits per heavy atom. The van der Waals surface area contributed by atoms with Gasteiger partial charge in [0.05, 0.1) is 11.0 Å².